The summed E-state index contributed by atoms with van der Waals surface area (Å²) in [6.07, 6.45) is 8.63. The normalized spacial score (nSPS) is 25.5. The van der Waals surface area contributed by atoms with Crippen molar-refractivity contribution in [2.75, 3.05) is 13.1 Å². The Bertz CT molecular complexity index is 386. The number of hydrogen-bond acceptors (Lipinski definition) is 4. The predicted octanol–water partition coefficient (Wildman–Crippen LogP) is 2.42. The van der Waals surface area contributed by atoms with E-state index in [0.717, 1.165) is 25.0 Å². The Morgan fingerprint density at radius 3 is 3.00 bits per heavy atom. The summed E-state index contributed by atoms with van der Waals surface area (Å²) in [6, 6.07) is 1.55. The highest BCUT2D eigenvalue weighted by Crippen LogP contribution is 2.23. The number of rotatable bonds is 5. The highest BCUT2D eigenvalue weighted by molar-refractivity contribution is 7.11. The highest BCUT2D eigenvalue weighted by Gasteiger charge is 2.27. The number of nitrogens with zero attached hydrogens (tertiary/aromatic N) is 2. The first-order valence-electron chi connectivity index (χ1n) is 7.25. The van der Waals surface area contributed by atoms with Crippen LogP contribution in [-0.4, -0.2) is 35.1 Å². The Labute approximate surface area is 114 Å². The van der Waals surface area contributed by atoms with Crippen LogP contribution in [0.5, 0.6) is 0 Å². The van der Waals surface area contributed by atoms with E-state index in [1.165, 1.54) is 48.7 Å². The number of aryl methyl sites for hydroxylation is 1. The van der Waals surface area contributed by atoms with E-state index in [2.05, 4.69) is 22.1 Å². The average Bonchev–Trinajstić information content (AvgIpc) is 3.07. The molecule has 18 heavy (non-hydrogen) atoms. The summed E-state index contributed by atoms with van der Waals surface area (Å²) in [4.78, 5) is 8.52. The average molecular weight is 265 g/mol. The number of thiazole rings is 1. The molecule has 3 rings (SSSR count). The lowest BCUT2D eigenvalue weighted by atomic mass is 10.1. The summed E-state index contributed by atoms with van der Waals surface area (Å²) in [7, 11) is 0. The fraction of sp³-hybridized carbons (Fsp3) is 0.786. The van der Waals surface area contributed by atoms with Gasteiger partial charge in [-0.05, 0) is 38.6 Å². The van der Waals surface area contributed by atoms with Crippen molar-refractivity contribution in [3.05, 3.63) is 16.1 Å². The zero-order valence-corrected chi connectivity index (χ0v) is 12.0. The minimum atomic E-state index is 0.719. The quantitative estimate of drug-likeness (QED) is 0.886. The third kappa shape index (κ3) is 3.31. The summed E-state index contributed by atoms with van der Waals surface area (Å²) in [5.41, 5.74) is 0. The van der Waals surface area contributed by atoms with E-state index in [1.54, 1.807) is 0 Å². The van der Waals surface area contributed by atoms with E-state index in [9.17, 15) is 0 Å². The van der Waals surface area contributed by atoms with E-state index < -0.39 is 0 Å². The molecule has 1 saturated heterocycles. The second kappa shape index (κ2) is 5.68. The smallest absolute Gasteiger partial charge is 0.107 e. The van der Waals surface area contributed by atoms with Crippen molar-refractivity contribution in [2.45, 2.75) is 57.7 Å². The molecule has 0 bridgehead atoms. The third-order valence-corrected chi connectivity index (χ3v) is 4.99. The van der Waals surface area contributed by atoms with Gasteiger partial charge in [0.15, 0.2) is 0 Å². The molecule has 2 aliphatic rings. The SMILES string of the molecule is CCc1cnc(CN2CCCC(NC3CC3)C2)s1. The summed E-state index contributed by atoms with van der Waals surface area (Å²) >= 11 is 1.88. The number of piperidine rings is 1. The maximum atomic E-state index is 4.54. The van der Waals surface area contributed by atoms with Crippen molar-refractivity contribution in [3.8, 4) is 0 Å². The minimum absolute atomic E-state index is 0.719. The molecule has 0 spiro atoms. The van der Waals surface area contributed by atoms with E-state index in [1.807, 2.05) is 17.5 Å². The molecule has 1 atom stereocenters. The summed E-state index contributed by atoms with van der Waals surface area (Å²) < 4.78 is 0. The van der Waals surface area contributed by atoms with Crippen molar-refractivity contribution in [1.29, 1.82) is 0 Å². The van der Waals surface area contributed by atoms with Crippen LogP contribution in [0.15, 0.2) is 6.20 Å². The van der Waals surface area contributed by atoms with Crippen molar-refractivity contribution < 1.29 is 0 Å². The molecule has 4 heteroatoms. The van der Waals surface area contributed by atoms with Gasteiger partial charge in [0.1, 0.15) is 5.01 Å². The second-order valence-electron chi connectivity index (χ2n) is 5.59. The molecule has 1 aromatic rings. The van der Waals surface area contributed by atoms with Gasteiger partial charge in [-0.15, -0.1) is 11.3 Å². The summed E-state index contributed by atoms with van der Waals surface area (Å²) in [5.74, 6) is 0. The van der Waals surface area contributed by atoms with E-state index in [-0.39, 0.29) is 0 Å². The maximum Gasteiger partial charge on any atom is 0.107 e. The van der Waals surface area contributed by atoms with Crippen molar-refractivity contribution in [3.63, 3.8) is 0 Å². The van der Waals surface area contributed by atoms with Gasteiger partial charge in [-0.3, -0.25) is 4.90 Å². The molecule has 0 radical (unpaired) electrons. The minimum Gasteiger partial charge on any atom is -0.310 e. The Balaban J connectivity index is 1.51. The van der Waals surface area contributed by atoms with Crippen LogP contribution < -0.4 is 5.32 Å². The van der Waals surface area contributed by atoms with Crippen LogP contribution in [-0.2, 0) is 13.0 Å². The standard InChI is InChI=1S/C14H23N3S/c1-2-13-8-15-14(18-13)10-17-7-3-4-12(9-17)16-11-5-6-11/h8,11-12,16H,2-7,9-10H2,1H3. The number of likely N-dealkylation sites (tertiary alicyclic amines) is 1. The lowest BCUT2D eigenvalue weighted by Gasteiger charge is -2.32. The molecule has 1 saturated carbocycles. The molecule has 1 aromatic heterocycles. The van der Waals surface area contributed by atoms with Crippen LogP contribution in [0.1, 0.15) is 42.5 Å². The molecule has 1 N–H and O–H groups in total. The van der Waals surface area contributed by atoms with E-state index in [4.69, 9.17) is 0 Å². The van der Waals surface area contributed by atoms with Crippen LogP contribution in [0.25, 0.3) is 0 Å². The van der Waals surface area contributed by atoms with E-state index in [0.29, 0.717) is 0 Å². The van der Waals surface area contributed by atoms with Gasteiger partial charge in [-0.1, -0.05) is 6.92 Å². The first-order chi connectivity index (χ1) is 8.83. The molecule has 2 fully saturated rings. The lowest BCUT2D eigenvalue weighted by molar-refractivity contribution is 0.182. The first-order valence-corrected chi connectivity index (χ1v) is 8.07. The van der Waals surface area contributed by atoms with Gasteiger partial charge >= 0.3 is 0 Å². The molecule has 1 aliphatic carbocycles. The Kier molecular flexibility index (Phi) is 3.97. The topological polar surface area (TPSA) is 28.2 Å². The highest BCUT2D eigenvalue weighted by atomic mass is 32.1. The van der Waals surface area contributed by atoms with Crippen molar-refractivity contribution in [2.24, 2.45) is 0 Å². The molecule has 2 heterocycles. The monoisotopic (exact) mass is 265 g/mol. The molecule has 3 nitrogen and oxygen atoms in total. The summed E-state index contributed by atoms with van der Waals surface area (Å²) in [5, 5.41) is 5.06. The fourth-order valence-corrected chi connectivity index (χ4v) is 3.60. The molecule has 100 valence electrons. The van der Waals surface area contributed by atoms with Crippen LogP contribution in [0.4, 0.5) is 0 Å². The van der Waals surface area contributed by atoms with Gasteiger partial charge in [0.2, 0.25) is 0 Å². The van der Waals surface area contributed by atoms with Gasteiger partial charge in [0.25, 0.3) is 0 Å². The number of hydrogen-bond donors (Lipinski definition) is 1. The Morgan fingerprint density at radius 2 is 2.28 bits per heavy atom. The zero-order chi connectivity index (χ0) is 12.4. The summed E-state index contributed by atoms with van der Waals surface area (Å²) in [6.45, 7) is 5.70. The predicted molar refractivity (Wildman–Crippen MR) is 75.9 cm³/mol. The van der Waals surface area contributed by atoms with Gasteiger partial charge in [0.05, 0.1) is 6.54 Å². The third-order valence-electron chi connectivity index (χ3n) is 3.86. The number of aromatic nitrogens is 1. The van der Waals surface area contributed by atoms with Gasteiger partial charge in [-0.25, -0.2) is 4.98 Å². The van der Waals surface area contributed by atoms with Gasteiger partial charge in [-0.2, -0.15) is 0 Å². The molecular formula is C14H23N3S. The second-order valence-corrected chi connectivity index (χ2v) is 6.79. The van der Waals surface area contributed by atoms with Gasteiger partial charge in [0, 0.05) is 29.7 Å². The van der Waals surface area contributed by atoms with Crippen LogP contribution in [0, 0.1) is 0 Å². The fourth-order valence-electron chi connectivity index (χ4n) is 2.69. The molecule has 0 aromatic carbocycles. The lowest BCUT2D eigenvalue weighted by Crippen LogP contribution is -2.45. The van der Waals surface area contributed by atoms with Crippen molar-refractivity contribution >= 4 is 11.3 Å². The largest absolute Gasteiger partial charge is 0.310 e. The van der Waals surface area contributed by atoms with Crippen LogP contribution >= 0.6 is 11.3 Å². The molecular weight excluding hydrogens is 242 g/mol. The van der Waals surface area contributed by atoms with E-state index >= 15 is 0 Å². The maximum absolute atomic E-state index is 4.54. The van der Waals surface area contributed by atoms with Crippen molar-refractivity contribution in [1.82, 2.24) is 15.2 Å². The molecule has 1 aliphatic heterocycles. The molecule has 0 amide bonds. The van der Waals surface area contributed by atoms with Crippen LogP contribution in [0.3, 0.4) is 0 Å². The first kappa shape index (κ1) is 12.6. The Hall–Kier alpha value is -0.450. The molecule has 1 unspecified atom stereocenters. The number of nitrogens with one attached hydrogen (secondary N) is 1. The van der Waals surface area contributed by atoms with Gasteiger partial charge < -0.3 is 5.32 Å². The van der Waals surface area contributed by atoms with Crippen LogP contribution in [0.2, 0.25) is 0 Å². The Morgan fingerprint density at radius 1 is 1.39 bits per heavy atom. The zero-order valence-electron chi connectivity index (χ0n) is 11.2.